The van der Waals surface area contributed by atoms with Gasteiger partial charge in [0.1, 0.15) is 29.9 Å². The maximum absolute atomic E-state index is 15.7. The zero-order valence-corrected chi connectivity index (χ0v) is 37.8. The van der Waals surface area contributed by atoms with Crippen LogP contribution in [0.5, 0.6) is 5.75 Å². The average molecular weight is 908 g/mol. The first-order valence-electron chi connectivity index (χ1n) is 23.2. The van der Waals surface area contributed by atoms with Gasteiger partial charge in [0.15, 0.2) is 0 Å². The summed E-state index contributed by atoms with van der Waals surface area (Å²) in [6.45, 7) is 3.80. The van der Waals surface area contributed by atoms with Crippen LogP contribution in [0.2, 0.25) is 0 Å². The van der Waals surface area contributed by atoms with E-state index < -0.39 is 53.3 Å². The number of nitrogens with zero attached hydrogens (tertiary/aromatic N) is 3. The normalized spacial score (nSPS) is 23.0. The Bertz CT molecular complexity index is 2830. The molecule has 1 spiro atoms. The molecular weight excluding hydrogens is 855 g/mol. The third-order valence-corrected chi connectivity index (χ3v) is 13.5. The zero-order chi connectivity index (χ0) is 46.6. The minimum Gasteiger partial charge on any atom is -0.491 e. The monoisotopic (exact) mass is 907 g/mol. The minimum absolute atomic E-state index is 0.0435. The predicted octanol–water partition coefficient (Wildman–Crippen LogP) is 7.29. The summed E-state index contributed by atoms with van der Waals surface area (Å²) in [5, 5.41) is 16.1. The van der Waals surface area contributed by atoms with E-state index in [-0.39, 0.29) is 13.2 Å². The molecule has 0 aliphatic carbocycles. The SMILES string of the molecule is CN(CC#Cc1ccc2c(c1)C1(C(=O)N2)C(C(=O)Nc2ccc(N3CCOCC3)cc2)C2C(=O)OC(c3ccccc3)C(c3ccccc3)N2C1c1cccc(OCCO)c1)Cc1ccccc1. The van der Waals surface area contributed by atoms with E-state index in [1.165, 1.54) is 5.56 Å². The van der Waals surface area contributed by atoms with E-state index in [1.807, 2.05) is 147 Å². The number of benzene rings is 6. The van der Waals surface area contributed by atoms with Crippen LogP contribution in [0, 0.1) is 17.8 Å². The number of hydrogen-bond acceptors (Lipinski definition) is 10. The van der Waals surface area contributed by atoms with Gasteiger partial charge in [-0.05, 0) is 89.5 Å². The van der Waals surface area contributed by atoms with Gasteiger partial charge in [-0.15, -0.1) is 0 Å². The summed E-state index contributed by atoms with van der Waals surface area (Å²) < 4.78 is 18.2. The number of amides is 2. The van der Waals surface area contributed by atoms with Crippen LogP contribution in [-0.4, -0.2) is 91.8 Å². The maximum Gasteiger partial charge on any atom is 0.324 e. The molecule has 0 saturated carbocycles. The number of morpholine rings is 2. The first kappa shape index (κ1) is 44.6. The molecule has 3 N–H and O–H groups in total. The quantitative estimate of drug-likeness (QED) is 0.0850. The second kappa shape index (κ2) is 19.5. The summed E-state index contributed by atoms with van der Waals surface area (Å²) in [7, 11) is 2.02. The van der Waals surface area contributed by atoms with E-state index >= 15 is 14.4 Å². The van der Waals surface area contributed by atoms with Crippen LogP contribution in [0.15, 0.2) is 158 Å². The molecule has 4 aliphatic rings. The molecule has 3 fully saturated rings. The average Bonchev–Trinajstić information content (AvgIpc) is 3.86. The predicted molar refractivity (Wildman–Crippen MR) is 260 cm³/mol. The summed E-state index contributed by atoms with van der Waals surface area (Å²) in [5.41, 5.74) is 4.92. The lowest BCUT2D eigenvalue weighted by Gasteiger charge is -2.46. The number of carbonyl (C=O) groups is 3. The standard InChI is InChI=1S/C56H53N5O7/c1-59(37-39-13-5-2-6-14-39)28-12-15-38-22-27-47-46(35-38)56(55(65)58-47)48(53(63)57-43-23-25-44(26-24-43)60-29-32-66-33-30-60)50-54(64)68-51(41-18-9-4-10-19-41)49(40-16-7-3-8-17-40)61(50)52(56)42-20-11-21-45(36-42)67-34-31-62/h2-11,13-14,16-27,35-36,48-52,62H,28-34,37H2,1H3,(H,57,63)(H,58,65). The van der Waals surface area contributed by atoms with E-state index in [9.17, 15) is 5.11 Å². The zero-order valence-electron chi connectivity index (χ0n) is 37.8. The molecule has 4 heterocycles. The number of esters is 1. The van der Waals surface area contributed by atoms with Crippen molar-refractivity contribution in [3.8, 4) is 17.6 Å². The molecule has 0 bridgehead atoms. The smallest absolute Gasteiger partial charge is 0.324 e. The highest BCUT2D eigenvalue weighted by molar-refractivity contribution is 6.13. The number of aliphatic hydroxyl groups is 1. The summed E-state index contributed by atoms with van der Waals surface area (Å²) in [6.07, 6.45) is -0.820. The Morgan fingerprint density at radius 1 is 0.824 bits per heavy atom. The molecule has 6 unspecified atom stereocenters. The van der Waals surface area contributed by atoms with Gasteiger partial charge in [-0.3, -0.25) is 24.2 Å². The fourth-order valence-electron chi connectivity index (χ4n) is 10.6. The number of nitrogens with one attached hydrogen (secondary N) is 2. The summed E-state index contributed by atoms with van der Waals surface area (Å²) in [4.78, 5) is 53.2. The fourth-order valence-corrected chi connectivity index (χ4v) is 10.6. The van der Waals surface area contributed by atoms with Crippen molar-refractivity contribution in [1.82, 2.24) is 9.80 Å². The van der Waals surface area contributed by atoms with E-state index in [4.69, 9.17) is 14.2 Å². The fraction of sp³-hybridized carbons (Fsp3) is 0.268. The number of anilines is 3. The van der Waals surface area contributed by atoms with Crippen molar-refractivity contribution in [2.24, 2.45) is 5.92 Å². The van der Waals surface area contributed by atoms with Gasteiger partial charge in [0.05, 0.1) is 44.4 Å². The number of rotatable bonds is 12. The maximum atomic E-state index is 15.7. The highest BCUT2D eigenvalue weighted by Gasteiger charge is 2.74. The van der Waals surface area contributed by atoms with Gasteiger partial charge >= 0.3 is 5.97 Å². The Morgan fingerprint density at radius 2 is 1.51 bits per heavy atom. The van der Waals surface area contributed by atoms with Gasteiger partial charge in [-0.1, -0.05) is 115 Å². The van der Waals surface area contributed by atoms with Crippen molar-refractivity contribution in [3.63, 3.8) is 0 Å². The van der Waals surface area contributed by atoms with Crippen LogP contribution in [0.4, 0.5) is 17.1 Å². The van der Waals surface area contributed by atoms with E-state index in [1.54, 1.807) is 6.07 Å². The van der Waals surface area contributed by atoms with Gasteiger partial charge in [0, 0.05) is 42.3 Å². The van der Waals surface area contributed by atoms with Gasteiger partial charge in [0.25, 0.3) is 0 Å². The van der Waals surface area contributed by atoms with Crippen molar-refractivity contribution >= 4 is 34.8 Å². The summed E-state index contributed by atoms with van der Waals surface area (Å²) >= 11 is 0. The molecule has 10 rings (SSSR count). The highest BCUT2D eigenvalue weighted by Crippen LogP contribution is 2.65. The number of cyclic esters (lactones) is 1. The lowest BCUT2D eigenvalue weighted by molar-refractivity contribution is -0.177. The Morgan fingerprint density at radius 3 is 2.24 bits per heavy atom. The molecule has 6 aromatic rings. The molecule has 12 nitrogen and oxygen atoms in total. The molecule has 3 saturated heterocycles. The molecule has 344 valence electrons. The van der Waals surface area contributed by atoms with Crippen LogP contribution >= 0.6 is 0 Å². The van der Waals surface area contributed by atoms with Crippen LogP contribution in [0.3, 0.4) is 0 Å². The largest absolute Gasteiger partial charge is 0.491 e. The second-order valence-corrected chi connectivity index (χ2v) is 17.7. The van der Waals surface area contributed by atoms with Gasteiger partial charge in [0.2, 0.25) is 11.8 Å². The summed E-state index contributed by atoms with van der Waals surface area (Å²) in [6, 6.07) is 47.4. The minimum atomic E-state index is -1.73. The van der Waals surface area contributed by atoms with Crippen molar-refractivity contribution in [3.05, 3.63) is 191 Å². The number of hydrogen-bond donors (Lipinski definition) is 3. The van der Waals surface area contributed by atoms with Gasteiger partial charge in [-0.2, -0.15) is 0 Å². The molecule has 0 aromatic heterocycles. The van der Waals surface area contributed by atoms with Crippen LogP contribution < -0.4 is 20.3 Å². The third-order valence-electron chi connectivity index (χ3n) is 13.5. The lowest BCUT2D eigenvalue weighted by atomic mass is 9.65. The van der Waals surface area contributed by atoms with Crippen LogP contribution in [0.25, 0.3) is 0 Å². The molecule has 0 radical (unpaired) electrons. The van der Waals surface area contributed by atoms with Crippen molar-refractivity contribution < 1.29 is 33.7 Å². The van der Waals surface area contributed by atoms with E-state index in [0.717, 1.165) is 36.4 Å². The van der Waals surface area contributed by atoms with E-state index in [2.05, 4.69) is 49.3 Å². The van der Waals surface area contributed by atoms with E-state index in [0.29, 0.717) is 53.6 Å². The van der Waals surface area contributed by atoms with Crippen molar-refractivity contribution in [2.75, 3.05) is 68.6 Å². The van der Waals surface area contributed by atoms with Crippen LogP contribution in [0.1, 0.15) is 51.6 Å². The Hall–Kier alpha value is -7.27. The third kappa shape index (κ3) is 8.50. The van der Waals surface area contributed by atoms with Crippen molar-refractivity contribution in [2.45, 2.75) is 36.2 Å². The molecule has 12 heteroatoms. The molecule has 2 amide bonds. The number of carbonyl (C=O) groups excluding carboxylic acids is 3. The molecular formula is C56H53N5O7. The first-order valence-corrected chi connectivity index (χ1v) is 23.2. The number of fused-ring (bicyclic) bond motifs is 3. The molecule has 68 heavy (non-hydrogen) atoms. The van der Waals surface area contributed by atoms with Crippen LogP contribution in [-0.2, 0) is 35.8 Å². The molecule has 6 aromatic carbocycles. The Balaban J connectivity index is 1.15. The van der Waals surface area contributed by atoms with Gasteiger partial charge in [-0.25, -0.2) is 0 Å². The Labute approximate surface area is 396 Å². The molecule has 6 atom stereocenters. The lowest BCUT2D eigenvalue weighted by Crippen LogP contribution is -2.53. The number of aliphatic hydroxyl groups excluding tert-OH is 1. The second-order valence-electron chi connectivity index (χ2n) is 17.7. The Kier molecular flexibility index (Phi) is 12.8. The topological polar surface area (TPSA) is 133 Å². The van der Waals surface area contributed by atoms with Gasteiger partial charge < -0.3 is 34.9 Å². The first-order chi connectivity index (χ1) is 33.3. The summed E-state index contributed by atoms with van der Waals surface area (Å²) in [5.74, 6) is 4.26. The highest BCUT2D eigenvalue weighted by atomic mass is 16.6. The van der Waals surface area contributed by atoms with Crippen molar-refractivity contribution in [1.29, 1.82) is 0 Å². The number of ether oxygens (including phenoxy) is 3. The molecule has 4 aliphatic heterocycles.